The second-order valence-corrected chi connectivity index (χ2v) is 34.1. The summed E-state index contributed by atoms with van der Waals surface area (Å²) in [5.41, 5.74) is 16.3. The average Bonchev–Trinajstić information content (AvgIpc) is 1.04. The molecule has 3 aromatic carbocycles. The third-order valence-corrected chi connectivity index (χ3v) is 24.1. The Bertz CT molecular complexity index is 4540. The molecule has 0 spiro atoms. The molecular weight excluding hydrogens is 1440 g/mol. The van der Waals surface area contributed by atoms with Crippen LogP contribution in [0.25, 0.3) is 21.3 Å². The number of nitrogens with two attached hydrogens (primary N) is 2. The minimum absolute atomic E-state index is 0.0232. The number of carbonyl (C=O) groups excluding carboxylic acids is 8. The first-order valence-electron chi connectivity index (χ1n) is 37.5. The van der Waals surface area contributed by atoms with Crippen molar-refractivity contribution in [2.24, 2.45) is 33.6 Å². The molecule has 9 amide bonds. The fraction of sp³-hybridized carbons (Fsp3) is 0.513. The number of imide groups is 1. The van der Waals surface area contributed by atoms with Crippen molar-refractivity contribution < 1.29 is 70.7 Å². The summed E-state index contributed by atoms with van der Waals surface area (Å²) in [6.07, 6.45) is 12.3. The number of benzene rings is 3. The number of nitrogens with one attached hydrogen (secondary N) is 3. The van der Waals surface area contributed by atoms with Crippen LogP contribution in [0.2, 0.25) is 0 Å². The molecule has 5 fully saturated rings. The van der Waals surface area contributed by atoms with Crippen LogP contribution >= 0.6 is 11.3 Å². The first-order chi connectivity index (χ1) is 51.9. The molecule has 4 saturated carbocycles. The van der Waals surface area contributed by atoms with Crippen LogP contribution in [0.5, 0.6) is 0 Å². The van der Waals surface area contributed by atoms with Crippen LogP contribution in [0.3, 0.4) is 0 Å². The van der Waals surface area contributed by atoms with Gasteiger partial charge in [-0.25, -0.2) is 24.4 Å². The van der Waals surface area contributed by atoms with E-state index in [0.717, 1.165) is 70.5 Å². The summed E-state index contributed by atoms with van der Waals surface area (Å²) in [5.74, 6) is -4.55. The van der Waals surface area contributed by atoms with Crippen LogP contribution < -0.4 is 37.2 Å². The van der Waals surface area contributed by atoms with Gasteiger partial charge in [0, 0.05) is 112 Å². The van der Waals surface area contributed by atoms with Crippen molar-refractivity contribution >= 4 is 102 Å². The number of rotatable bonds is 33. The van der Waals surface area contributed by atoms with Crippen molar-refractivity contribution in [2.45, 2.75) is 174 Å². The lowest BCUT2D eigenvalue weighted by Gasteiger charge is -2.69. The Morgan fingerprint density at radius 1 is 0.817 bits per heavy atom. The van der Waals surface area contributed by atoms with E-state index >= 15 is 0 Å². The van der Waals surface area contributed by atoms with Crippen molar-refractivity contribution in [3.63, 3.8) is 0 Å². The molecule has 0 radical (unpaired) electrons. The molecule has 4 bridgehead atoms. The standard InChI is InChI=1S/C78H98N14O15S2/c1-49(2)66(85-63(93)18-7-6-10-31-90-64(94)25-26-65(90)95)70(98)92(60(68(79)96)16-12-30-81-72(80)101)54-21-19-51(20-22-54)41-106-74(102)88-33-28-53(29-34-88)87(36-38-109(103,104)105)35-37-107-78-45-75(4)42-76(5,46-78)44-77(43-75,47-78)48-91-50(3)57(39-82-91)55-23-24-62(84-67(55)71(99)100)89-32-27-52-13-11-14-56(58(52)40-89)69(97)86-73-83-59-15-8-9-17-61(59)108-73/h8-9,11,13-15,17,19-26,39,49,53,60,66H,6-7,10,12,16,18,27-38,40-48H2,1-5H3,(H2,79,96)(H,85,93)(H,99,100)(H3,80,81,101)(H,83,86,97)(H,103,104,105)/t60-,66-,75?,76?,77?,78?/m0/s1. The number of ether oxygens (including phenoxy) is 2. The maximum Gasteiger partial charge on any atom is 0.410 e. The SMILES string of the molecule is Cc1c(-c2ccc(N3CCc4cccc(C(=O)Nc5nc6ccccc6s5)c4C3)nc2C(=O)O)cnn1CC12CC3(C)CC(C)(C1)CC(OCCN(CCS(=O)(=O)O)C1CCN(C(=O)OCc4ccc(N(C(=O)[C@@H](NC(=O)CCCCCN5C(=O)C=CC5=O)C(C)C)[C@@H](CCCNC(N)=O)C(N)=O)cc4)CC1)(C3)C2. The van der Waals surface area contributed by atoms with Gasteiger partial charge in [-0.15, -0.1) is 0 Å². The van der Waals surface area contributed by atoms with Gasteiger partial charge in [0.2, 0.25) is 11.8 Å². The number of likely N-dealkylation sites (tertiary alicyclic amines) is 1. The fourth-order valence-electron chi connectivity index (χ4n) is 18.6. The van der Waals surface area contributed by atoms with Gasteiger partial charge in [0.05, 0.1) is 34.4 Å². The van der Waals surface area contributed by atoms with Crippen LogP contribution in [0.4, 0.5) is 26.2 Å². The number of pyridine rings is 1. The lowest BCUT2D eigenvalue weighted by atomic mass is 9.39. The number of thiazole rings is 1. The van der Waals surface area contributed by atoms with Gasteiger partial charge in [-0.2, -0.15) is 13.5 Å². The topological polar surface area (TPSA) is 395 Å². The number of amides is 9. The number of carbonyl (C=O) groups is 9. The number of nitrogens with zero attached hydrogens (tertiary/aromatic N) is 9. The summed E-state index contributed by atoms with van der Waals surface area (Å²) in [7, 11) is -4.35. The van der Waals surface area contributed by atoms with E-state index in [4.69, 9.17) is 31.0 Å². The van der Waals surface area contributed by atoms with Crippen LogP contribution in [0, 0.1) is 29.1 Å². The number of hydrogen-bond acceptors (Lipinski definition) is 19. The molecule has 6 aromatic rings. The molecule has 31 heteroatoms. The predicted octanol–water partition coefficient (Wildman–Crippen LogP) is 8.76. The molecule has 7 aliphatic rings. The Balaban J connectivity index is 0.659. The van der Waals surface area contributed by atoms with Crippen molar-refractivity contribution in [3.05, 3.63) is 131 Å². The van der Waals surface area contributed by atoms with Gasteiger partial charge in [0.1, 0.15) is 24.5 Å². The zero-order valence-corrected chi connectivity index (χ0v) is 64.0. The highest BCUT2D eigenvalue weighted by molar-refractivity contribution is 7.85. The van der Waals surface area contributed by atoms with Crippen LogP contribution in [0.1, 0.15) is 161 Å². The molecule has 4 atom stereocenters. The molecule has 4 aliphatic carbocycles. The number of piperidine rings is 1. The van der Waals surface area contributed by atoms with Gasteiger partial charge >= 0.3 is 18.1 Å². The quantitative estimate of drug-likeness (QED) is 0.0115. The van der Waals surface area contributed by atoms with Gasteiger partial charge < -0.3 is 46.5 Å². The Morgan fingerprint density at radius 3 is 2.22 bits per heavy atom. The number of aromatic carboxylic acids is 1. The normalized spacial score (nSPS) is 21.6. The third-order valence-electron chi connectivity index (χ3n) is 22.5. The number of carboxylic acids is 1. The number of primary amides is 2. The van der Waals surface area contributed by atoms with E-state index in [1.165, 1.54) is 28.4 Å². The monoisotopic (exact) mass is 1530 g/mol. The van der Waals surface area contributed by atoms with Gasteiger partial charge in [-0.3, -0.25) is 58.0 Å². The molecular formula is C78H98N14O15S2. The number of fused-ring (bicyclic) bond motifs is 2. The summed E-state index contributed by atoms with van der Waals surface area (Å²) in [6, 6.07) is 20.2. The Morgan fingerprint density at radius 2 is 1.54 bits per heavy atom. The smallest absolute Gasteiger partial charge is 0.410 e. The molecule has 582 valence electrons. The van der Waals surface area contributed by atoms with Gasteiger partial charge in [-0.05, 0) is 172 Å². The number of carboxylic acid groups (broad SMARTS) is 1. The number of unbranched alkanes of at least 4 members (excludes halogenated alkanes) is 2. The molecule has 109 heavy (non-hydrogen) atoms. The van der Waals surface area contributed by atoms with Crippen molar-refractivity contribution in [1.29, 1.82) is 0 Å². The van der Waals surface area contributed by atoms with Crippen LogP contribution in [-0.4, -0.2) is 188 Å². The van der Waals surface area contributed by atoms with Crippen LogP contribution in [0.15, 0.2) is 97.2 Å². The Hall–Kier alpha value is -9.69. The molecule has 9 N–H and O–H groups in total. The third kappa shape index (κ3) is 18.6. The van der Waals surface area contributed by atoms with E-state index < -0.39 is 75.3 Å². The molecule has 3 aromatic heterocycles. The number of aromatic nitrogens is 4. The summed E-state index contributed by atoms with van der Waals surface area (Å²) in [5, 5.41) is 24.6. The molecule has 3 aliphatic heterocycles. The summed E-state index contributed by atoms with van der Waals surface area (Å²) < 4.78 is 50.7. The number of urea groups is 1. The maximum absolute atomic E-state index is 14.7. The number of hydrogen-bond donors (Lipinski definition) is 7. The molecule has 6 heterocycles. The first-order valence-corrected chi connectivity index (χ1v) is 39.9. The average molecular weight is 1540 g/mol. The van der Waals surface area contributed by atoms with E-state index in [-0.39, 0.29) is 96.9 Å². The zero-order chi connectivity index (χ0) is 77.7. The Kier molecular flexibility index (Phi) is 23.8. The molecule has 13 rings (SSSR count). The minimum Gasteiger partial charge on any atom is -0.476 e. The summed E-state index contributed by atoms with van der Waals surface area (Å²) >= 11 is 1.41. The van der Waals surface area contributed by atoms with Gasteiger partial charge in [-0.1, -0.05) is 81.9 Å². The molecule has 1 saturated heterocycles. The van der Waals surface area contributed by atoms with E-state index in [2.05, 4.69) is 34.8 Å². The first kappa shape index (κ1) is 78.9. The molecule has 29 nitrogen and oxygen atoms in total. The predicted molar refractivity (Wildman–Crippen MR) is 409 cm³/mol. The summed E-state index contributed by atoms with van der Waals surface area (Å²) in [4.78, 5) is 135. The van der Waals surface area contributed by atoms with E-state index in [0.29, 0.717) is 118 Å². The summed E-state index contributed by atoms with van der Waals surface area (Å²) in [6.45, 7) is 13.1. The van der Waals surface area contributed by atoms with E-state index in [9.17, 15) is 61.2 Å². The van der Waals surface area contributed by atoms with Crippen molar-refractivity contribution in [2.75, 3.05) is 73.3 Å². The van der Waals surface area contributed by atoms with Crippen molar-refractivity contribution in [3.8, 4) is 11.1 Å². The zero-order valence-electron chi connectivity index (χ0n) is 62.3. The number of para-hydroxylation sites is 1. The highest BCUT2D eigenvalue weighted by Crippen LogP contribution is 2.72. The number of anilines is 3. The van der Waals surface area contributed by atoms with Crippen LogP contribution in [-0.2, 0) is 69.7 Å². The van der Waals surface area contributed by atoms with E-state index in [1.807, 2.05) is 69.9 Å². The lowest BCUT2D eigenvalue weighted by Crippen LogP contribution is -2.64. The minimum atomic E-state index is -4.35. The van der Waals surface area contributed by atoms with Crippen molar-refractivity contribution in [1.82, 2.24) is 45.1 Å². The molecule has 2 unspecified atom stereocenters. The maximum atomic E-state index is 14.7. The highest BCUT2D eigenvalue weighted by atomic mass is 32.2. The van der Waals surface area contributed by atoms with E-state index in [1.54, 1.807) is 55.3 Å². The largest absolute Gasteiger partial charge is 0.476 e. The highest BCUT2D eigenvalue weighted by Gasteiger charge is 2.66. The fourth-order valence-corrected chi connectivity index (χ4v) is 19.9. The van der Waals surface area contributed by atoms with Gasteiger partial charge in [0.15, 0.2) is 10.8 Å². The second-order valence-electron chi connectivity index (χ2n) is 31.5. The van der Waals surface area contributed by atoms with Gasteiger partial charge in [0.25, 0.3) is 33.7 Å². The lowest BCUT2D eigenvalue weighted by molar-refractivity contribution is -0.249. The Labute approximate surface area is 637 Å². The second kappa shape index (κ2) is 32.9.